The Balaban J connectivity index is 1.30. The molecule has 1 aromatic rings. The third-order valence-electron chi connectivity index (χ3n) is 5.01. The zero-order valence-electron chi connectivity index (χ0n) is 13.6. The Morgan fingerprint density at radius 3 is 2.74 bits per heavy atom. The highest BCUT2D eigenvalue weighted by atomic mass is 16.5. The number of carbonyl (C=O) groups excluding carboxylic acids is 1. The Morgan fingerprint density at radius 1 is 1.39 bits per heavy atom. The molecule has 23 heavy (non-hydrogen) atoms. The van der Waals surface area contributed by atoms with Crippen LogP contribution in [-0.4, -0.2) is 58.3 Å². The van der Waals surface area contributed by atoms with E-state index in [1.54, 1.807) is 0 Å². The molecule has 2 aliphatic carbocycles. The number of H-pyrrole nitrogens is 1. The van der Waals surface area contributed by atoms with Gasteiger partial charge >= 0.3 is 0 Å². The van der Waals surface area contributed by atoms with E-state index in [2.05, 4.69) is 25.4 Å². The third-order valence-corrected chi connectivity index (χ3v) is 5.01. The summed E-state index contributed by atoms with van der Waals surface area (Å²) in [6.07, 6.45) is 4.98. The first-order chi connectivity index (χ1) is 11.2. The van der Waals surface area contributed by atoms with E-state index in [0.29, 0.717) is 31.6 Å². The molecule has 4 rings (SSSR count). The molecule has 7 nitrogen and oxygen atoms in total. The average Bonchev–Trinajstić information content (AvgIpc) is 3.44. The second-order valence-corrected chi connectivity index (χ2v) is 7.14. The number of nitrogens with one attached hydrogen (secondary N) is 2. The van der Waals surface area contributed by atoms with E-state index in [-0.39, 0.29) is 12.0 Å². The summed E-state index contributed by atoms with van der Waals surface area (Å²) in [7, 11) is 0. The molecule has 2 N–H and O–H groups in total. The molecule has 1 amide bonds. The van der Waals surface area contributed by atoms with Crippen LogP contribution < -0.4 is 5.32 Å². The van der Waals surface area contributed by atoms with Gasteiger partial charge in [-0.1, -0.05) is 0 Å². The second kappa shape index (κ2) is 6.20. The molecule has 126 valence electrons. The van der Waals surface area contributed by atoms with Gasteiger partial charge in [-0.05, 0) is 44.4 Å². The average molecular weight is 319 g/mol. The highest BCUT2D eigenvalue weighted by molar-refractivity contribution is 5.78. The van der Waals surface area contributed by atoms with Gasteiger partial charge in [0.05, 0.1) is 13.2 Å². The van der Waals surface area contributed by atoms with Crippen molar-refractivity contribution < 1.29 is 9.53 Å². The molecule has 1 saturated heterocycles. The third kappa shape index (κ3) is 3.72. The minimum Gasteiger partial charge on any atom is -0.367 e. The van der Waals surface area contributed by atoms with E-state index in [1.165, 1.54) is 25.7 Å². The zero-order chi connectivity index (χ0) is 15.8. The molecule has 0 aromatic carbocycles. The fraction of sp³-hybridized carbons (Fsp3) is 0.812. The minimum atomic E-state index is -0.149. The maximum atomic E-state index is 12.4. The van der Waals surface area contributed by atoms with Crippen LogP contribution >= 0.6 is 0 Å². The van der Waals surface area contributed by atoms with E-state index < -0.39 is 0 Å². The second-order valence-electron chi connectivity index (χ2n) is 7.14. The van der Waals surface area contributed by atoms with Gasteiger partial charge in [0.1, 0.15) is 11.9 Å². The summed E-state index contributed by atoms with van der Waals surface area (Å²) in [6, 6.07) is 0.426. The van der Waals surface area contributed by atoms with Gasteiger partial charge in [0, 0.05) is 19.1 Å². The number of aryl methyl sites for hydroxylation is 1. The molecule has 0 bridgehead atoms. The quantitative estimate of drug-likeness (QED) is 0.810. The lowest BCUT2D eigenvalue weighted by Gasteiger charge is -2.31. The smallest absolute Gasteiger partial charge is 0.234 e. The lowest BCUT2D eigenvalue weighted by molar-refractivity contribution is -0.125. The van der Waals surface area contributed by atoms with Crippen molar-refractivity contribution in [1.29, 1.82) is 0 Å². The van der Waals surface area contributed by atoms with E-state index >= 15 is 0 Å². The SMILES string of the molecule is Cc1nc([C@H]2CN(CC(=O)NC(C3CC3)C3CC3)CCO2)n[nH]1. The molecule has 0 unspecified atom stereocenters. The number of hydrogen-bond acceptors (Lipinski definition) is 5. The first kappa shape index (κ1) is 15.1. The van der Waals surface area contributed by atoms with Crippen molar-refractivity contribution in [3.63, 3.8) is 0 Å². The Kier molecular flexibility index (Phi) is 4.07. The molecule has 0 spiro atoms. The number of aromatic nitrogens is 3. The summed E-state index contributed by atoms with van der Waals surface area (Å²) in [4.78, 5) is 18.9. The summed E-state index contributed by atoms with van der Waals surface area (Å²) < 4.78 is 5.75. The number of ether oxygens (including phenoxy) is 1. The number of aromatic amines is 1. The zero-order valence-corrected chi connectivity index (χ0v) is 13.6. The number of rotatable bonds is 6. The fourth-order valence-corrected chi connectivity index (χ4v) is 3.47. The fourth-order valence-electron chi connectivity index (χ4n) is 3.47. The monoisotopic (exact) mass is 319 g/mol. The number of nitrogens with zero attached hydrogens (tertiary/aromatic N) is 3. The lowest BCUT2D eigenvalue weighted by atomic mass is 10.1. The molecule has 1 aliphatic heterocycles. The van der Waals surface area contributed by atoms with Crippen LogP contribution in [-0.2, 0) is 9.53 Å². The molecule has 2 saturated carbocycles. The number of hydrogen-bond donors (Lipinski definition) is 2. The number of amides is 1. The summed E-state index contributed by atoms with van der Waals surface area (Å²) in [6.45, 7) is 4.38. The van der Waals surface area contributed by atoms with Gasteiger partial charge < -0.3 is 10.1 Å². The van der Waals surface area contributed by atoms with Gasteiger partial charge in [0.2, 0.25) is 5.91 Å². The first-order valence-corrected chi connectivity index (χ1v) is 8.71. The van der Waals surface area contributed by atoms with Crippen LogP contribution in [0, 0.1) is 18.8 Å². The maximum Gasteiger partial charge on any atom is 0.234 e. The molecule has 3 fully saturated rings. The van der Waals surface area contributed by atoms with Gasteiger partial charge in [-0.3, -0.25) is 14.8 Å². The van der Waals surface area contributed by atoms with Crippen LogP contribution in [0.1, 0.15) is 43.4 Å². The standard InChI is InChI=1S/C16H25N5O2/c1-10-17-16(20-19-10)13-8-21(6-7-23-13)9-14(22)18-15(11-2-3-11)12-4-5-12/h11-13,15H,2-9H2,1H3,(H,18,22)(H,17,19,20)/t13-/m1/s1. The van der Waals surface area contributed by atoms with Crippen LogP contribution in [0.5, 0.6) is 0 Å². The molecule has 0 radical (unpaired) electrons. The van der Waals surface area contributed by atoms with Crippen LogP contribution in [0.3, 0.4) is 0 Å². The summed E-state index contributed by atoms with van der Waals surface area (Å²) in [5.41, 5.74) is 0. The minimum absolute atomic E-state index is 0.149. The van der Waals surface area contributed by atoms with E-state index in [9.17, 15) is 4.79 Å². The highest BCUT2D eigenvalue weighted by Gasteiger charge is 2.42. The van der Waals surface area contributed by atoms with Crippen molar-refractivity contribution >= 4 is 5.91 Å². The molecule has 2 heterocycles. The molecular weight excluding hydrogens is 294 g/mol. The lowest BCUT2D eigenvalue weighted by Crippen LogP contribution is -2.47. The predicted molar refractivity (Wildman–Crippen MR) is 83.6 cm³/mol. The Labute approximate surface area is 136 Å². The van der Waals surface area contributed by atoms with Crippen LogP contribution in [0.15, 0.2) is 0 Å². The normalized spacial score (nSPS) is 25.7. The summed E-state index contributed by atoms with van der Waals surface area (Å²) in [5, 5.41) is 10.3. The first-order valence-electron chi connectivity index (χ1n) is 8.71. The molecular formula is C16H25N5O2. The van der Waals surface area contributed by atoms with E-state index in [4.69, 9.17) is 4.74 Å². The van der Waals surface area contributed by atoms with Crippen molar-refractivity contribution in [1.82, 2.24) is 25.4 Å². The largest absolute Gasteiger partial charge is 0.367 e. The van der Waals surface area contributed by atoms with Crippen molar-refractivity contribution in [3.8, 4) is 0 Å². The highest BCUT2D eigenvalue weighted by Crippen LogP contribution is 2.44. The number of morpholine rings is 1. The van der Waals surface area contributed by atoms with Crippen LogP contribution in [0.25, 0.3) is 0 Å². The molecule has 1 atom stereocenters. The molecule has 1 aromatic heterocycles. The van der Waals surface area contributed by atoms with Gasteiger partial charge in [-0.2, -0.15) is 5.10 Å². The van der Waals surface area contributed by atoms with Crippen LogP contribution in [0.4, 0.5) is 0 Å². The number of carbonyl (C=O) groups is 1. The molecule has 7 heteroatoms. The predicted octanol–water partition coefficient (Wildman–Crippen LogP) is 0.791. The Hall–Kier alpha value is -1.47. The van der Waals surface area contributed by atoms with Crippen molar-refractivity contribution in [3.05, 3.63) is 11.6 Å². The van der Waals surface area contributed by atoms with Gasteiger partial charge in [-0.25, -0.2) is 4.98 Å². The van der Waals surface area contributed by atoms with Crippen molar-refractivity contribution in [2.24, 2.45) is 11.8 Å². The Morgan fingerprint density at radius 2 is 2.13 bits per heavy atom. The van der Waals surface area contributed by atoms with Gasteiger partial charge in [0.25, 0.3) is 0 Å². The maximum absolute atomic E-state index is 12.4. The van der Waals surface area contributed by atoms with Crippen molar-refractivity contribution in [2.45, 2.75) is 44.8 Å². The summed E-state index contributed by atoms with van der Waals surface area (Å²) >= 11 is 0. The van der Waals surface area contributed by atoms with Gasteiger partial charge in [-0.15, -0.1) is 0 Å². The molecule has 3 aliphatic rings. The van der Waals surface area contributed by atoms with E-state index in [0.717, 1.165) is 24.2 Å². The topological polar surface area (TPSA) is 83.1 Å². The Bertz CT molecular complexity index is 555. The van der Waals surface area contributed by atoms with Crippen molar-refractivity contribution in [2.75, 3.05) is 26.2 Å². The van der Waals surface area contributed by atoms with Crippen LogP contribution in [0.2, 0.25) is 0 Å². The van der Waals surface area contributed by atoms with Gasteiger partial charge in [0.15, 0.2) is 5.82 Å². The summed E-state index contributed by atoms with van der Waals surface area (Å²) in [5.74, 6) is 3.09. The van der Waals surface area contributed by atoms with E-state index in [1.807, 2.05) is 6.92 Å².